The van der Waals surface area contributed by atoms with E-state index >= 15 is 4.39 Å². The maximum atomic E-state index is 15.5. The van der Waals surface area contributed by atoms with E-state index in [2.05, 4.69) is 25.8 Å². The van der Waals surface area contributed by atoms with E-state index in [1.54, 1.807) is 55.0 Å². The number of amides is 3. The highest BCUT2D eigenvalue weighted by atomic mass is 32.1. The summed E-state index contributed by atoms with van der Waals surface area (Å²) in [5, 5.41) is 26.3. The normalized spacial score (nSPS) is 17.7. The fourth-order valence-electron chi connectivity index (χ4n) is 8.70. The Morgan fingerprint density at radius 2 is 1.61 bits per heavy atom. The largest absolute Gasteiger partial charge is 0.469 e. The van der Waals surface area contributed by atoms with E-state index in [1.165, 1.54) is 18.1 Å². The van der Waals surface area contributed by atoms with Crippen molar-refractivity contribution in [1.29, 1.82) is 0 Å². The van der Waals surface area contributed by atoms with Crippen molar-refractivity contribution in [2.45, 2.75) is 98.5 Å². The van der Waals surface area contributed by atoms with E-state index in [4.69, 9.17) is 9.73 Å². The zero-order valence-electron chi connectivity index (χ0n) is 38.8. The first-order chi connectivity index (χ1) is 31.8. The van der Waals surface area contributed by atoms with Gasteiger partial charge >= 0.3 is 5.97 Å². The third-order valence-electron chi connectivity index (χ3n) is 12.5. The molecule has 0 bridgehead atoms. The molecule has 3 aromatic carbocycles. The fraction of sp³-hybridized carbons (Fsp3) is 0.360. The van der Waals surface area contributed by atoms with Crippen molar-refractivity contribution in [3.63, 3.8) is 0 Å². The van der Waals surface area contributed by atoms with Crippen LogP contribution in [0.3, 0.4) is 0 Å². The summed E-state index contributed by atoms with van der Waals surface area (Å²) in [5.74, 6) is -1.54. The van der Waals surface area contributed by atoms with Crippen LogP contribution in [0.15, 0.2) is 77.2 Å². The SMILES string of the molecule is COC(=O)C[C@@H]1N=C(c2ccc(-c3cc(F)cc(C(=O)NC(C(=O)N4C[C@H](O)C[C@H]4C(=O)N[C@@H](C)c4ccc(-c5scnc5C)cc4)C(C)(C)C)c3)cc2)c2c(sc(C)c2C)-n2c(C)nnc21. The molecule has 14 nitrogen and oxygen atoms in total. The van der Waals surface area contributed by atoms with Crippen molar-refractivity contribution in [2.75, 3.05) is 13.7 Å². The van der Waals surface area contributed by atoms with Crippen LogP contribution in [-0.2, 0) is 19.1 Å². The number of carbonyl (C=O) groups excluding carboxylic acids is 4. The number of hydrogen-bond donors (Lipinski definition) is 3. The zero-order chi connectivity index (χ0) is 48.1. The highest BCUT2D eigenvalue weighted by Crippen LogP contribution is 2.40. The molecule has 8 rings (SSSR count). The van der Waals surface area contributed by atoms with Crippen LogP contribution in [0, 0.1) is 38.9 Å². The lowest BCUT2D eigenvalue weighted by molar-refractivity contribution is -0.142. The van der Waals surface area contributed by atoms with Gasteiger partial charge in [-0.15, -0.1) is 32.9 Å². The Balaban J connectivity index is 1.01. The number of likely N-dealkylation sites (tertiary alicyclic amines) is 1. The number of aromatic nitrogens is 4. The molecule has 6 aromatic rings. The summed E-state index contributed by atoms with van der Waals surface area (Å²) in [4.78, 5) is 67.9. The van der Waals surface area contributed by atoms with Crippen LogP contribution in [0.2, 0.25) is 0 Å². The van der Waals surface area contributed by atoms with Gasteiger partial charge in [-0.05, 0) is 86.1 Å². The summed E-state index contributed by atoms with van der Waals surface area (Å²) in [6.07, 6.45) is -0.964. The van der Waals surface area contributed by atoms with Crippen LogP contribution in [0.5, 0.6) is 0 Å². The second kappa shape index (κ2) is 18.7. The molecule has 0 radical (unpaired) electrons. The maximum absolute atomic E-state index is 15.5. The number of thiophene rings is 1. The molecule has 5 atom stereocenters. The Morgan fingerprint density at radius 3 is 2.27 bits per heavy atom. The van der Waals surface area contributed by atoms with Gasteiger partial charge in [0.05, 0.1) is 47.5 Å². The summed E-state index contributed by atoms with van der Waals surface area (Å²) < 4.78 is 22.5. The van der Waals surface area contributed by atoms with Gasteiger partial charge in [0, 0.05) is 34.5 Å². The van der Waals surface area contributed by atoms with Crippen LogP contribution < -0.4 is 10.6 Å². The first-order valence-corrected chi connectivity index (χ1v) is 23.7. The topological polar surface area (TPSA) is 181 Å². The molecule has 67 heavy (non-hydrogen) atoms. The first kappa shape index (κ1) is 47.1. The second-order valence-corrected chi connectivity index (χ2v) is 20.3. The third kappa shape index (κ3) is 9.45. The van der Waals surface area contributed by atoms with Gasteiger partial charge in [0.2, 0.25) is 11.8 Å². The number of carbonyl (C=O) groups is 4. The van der Waals surface area contributed by atoms with Crippen LogP contribution >= 0.6 is 22.7 Å². The third-order valence-corrected chi connectivity index (χ3v) is 14.7. The molecular weight excluding hydrogens is 892 g/mol. The molecule has 1 unspecified atom stereocenters. The lowest BCUT2D eigenvalue weighted by Crippen LogP contribution is -2.57. The van der Waals surface area contributed by atoms with Crippen LogP contribution in [0.25, 0.3) is 26.6 Å². The quantitative estimate of drug-likeness (QED) is 0.109. The molecule has 5 heterocycles. The van der Waals surface area contributed by atoms with Crippen molar-refractivity contribution >= 4 is 52.1 Å². The standard InChI is InChI=1S/C50H53FN8O6S2/c1-25-28(4)67-49-41(25)42(54-38(22-40(61)65-9)45-57-56-29(5)59(45)49)32-14-12-31(13-15-32)34-18-35(20-36(51)19-34)46(62)55-44(50(6,7)8)48(64)58-23-37(60)21-39(58)47(63)53-26(2)30-10-16-33(17-11-30)43-27(3)52-24-66-43/h10-20,24,26,37-39,44,60H,21-23H2,1-9H3,(H,53,63)(H,55,62)/t26-,37+,38-,39-,44?/m0/s1. The number of β-amino-alcohol motifs (C(OH)–C–C–N with tert-alkyl or cyclic N) is 1. The summed E-state index contributed by atoms with van der Waals surface area (Å²) in [6, 6.07) is 16.0. The number of nitrogens with zero attached hydrogens (tertiary/aromatic N) is 6. The number of methoxy groups -OCH3 is 1. The smallest absolute Gasteiger partial charge is 0.308 e. The summed E-state index contributed by atoms with van der Waals surface area (Å²) >= 11 is 3.15. The number of rotatable bonds is 11. The lowest BCUT2D eigenvalue weighted by Gasteiger charge is -2.35. The minimum Gasteiger partial charge on any atom is -0.469 e. The van der Waals surface area contributed by atoms with E-state index in [9.17, 15) is 24.3 Å². The number of aryl methyl sites for hydroxylation is 3. The van der Waals surface area contributed by atoms with Gasteiger partial charge < -0.3 is 25.4 Å². The molecule has 1 fully saturated rings. The Labute approximate surface area is 396 Å². The second-order valence-electron chi connectivity index (χ2n) is 18.3. The monoisotopic (exact) mass is 944 g/mol. The van der Waals surface area contributed by atoms with Gasteiger partial charge in [-0.2, -0.15) is 0 Å². The highest BCUT2D eigenvalue weighted by Gasteiger charge is 2.45. The number of halogens is 1. The van der Waals surface area contributed by atoms with Gasteiger partial charge in [-0.25, -0.2) is 9.37 Å². The van der Waals surface area contributed by atoms with Crippen molar-refractivity contribution in [1.82, 2.24) is 35.3 Å². The molecular formula is C50H53FN8O6S2. The molecule has 3 N–H and O–H groups in total. The van der Waals surface area contributed by atoms with Crippen LogP contribution in [-0.4, -0.2) is 91.0 Å². The van der Waals surface area contributed by atoms with E-state index in [1.807, 2.05) is 87.7 Å². The van der Waals surface area contributed by atoms with E-state index in [0.717, 1.165) is 54.3 Å². The number of aliphatic hydroxyl groups excluding tert-OH is 1. The Hall–Kier alpha value is -6.43. The Bertz CT molecular complexity index is 2920. The highest BCUT2D eigenvalue weighted by molar-refractivity contribution is 7.15. The van der Waals surface area contributed by atoms with Crippen molar-refractivity contribution in [3.8, 4) is 26.6 Å². The van der Waals surface area contributed by atoms with E-state index < -0.39 is 65.2 Å². The fourth-order valence-corrected chi connectivity index (χ4v) is 10.7. The predicted octanol–water partition coefficient (Wildman–Crippen LogP) is 7.93. The number of benzene rings is 3. The molecule has 3 amide bonds. The molecule has 2 aliphatic heterocycles. The minimum atomic E-state index is -1.14. The number of fused-ring (bicyclic) bond motifs is 3. The number of nitrogens with one attached hydrogen (secondary N) is 2. The molecule has 0 aliphatic carbocycles. The molecule has 3 aromatic heterocycles. The molecule has 2 aliphatic rings. The molecule has 348 valence electrons. The zero-order valence-corrected chi connectivity index (χ0v) is 40.4. The number of thiazole rings is 1. The molecule has 17 heteroatoms. The summed E-state index contributed by atoms with van der Waals surface area (Å²) in [6.45, 7) is 15.0. The molecule has 0 saturated carbocycles. The van der Waals surface area contributed by atoms with Gasteiger partial charge in [-0.1, -0.05) is 69.3 Å². The van der Waals surface area contributed by atoms with Crippen LogP contribution in [0.1, 0.15) is 107 Å². The Kier molecular flexibility index (Phi) is 13.1. The van der Waals surface area contributed by atoms with Crippen molar-refractivity contribution < 1.29 is 33.4 Å². The number of hydrogen-bond acceptors (Lipinski definition) is 12. The number of aliphatic hydroxyl groups is 1. The average molecular weight is 945 g/mol. The van der Waals surface area contributed by atoms with Crippen LogP contribution in [0.4, 0.5) is 4.39 Å². The van der Waals surface area contributed by atoms with Gasteiger partial charge in [0.15, 0.2) is 5.82 Å². The van der Waals surface area contributed by atoms with E-state index in [0.29, 0.717) is 28.5 Å². The first-order valence-electron chi connectivity index (χ1n) is 22.0. The predicted molar refractivity (Wildman–Crippen MR) is 256 cm³/mol. The lowest BCUT2D eigenvalue weighted by atomic mass is 9.85. The minimum absolute atomic E-state index is 0.00608. The maximum Gasteiger partial charge on any atom is 0.308 e. The van der Waals surface area contributed by atoms with E-state index in [-0.39, 0.29) is 24.9 Å². The average Bonchev–Trinajstić information content (AvgIpc) is 4.06. The Morgan fingerprint density at radius 1 is 0.925 bits per heavy atom. The number of ether oxygens (including phenoxy) is 1. The molecule has 0 spiro atoms. The van der Waals surface area contributed by atoms with Gasteiger partial charge in [0.1, 0.15) is 34.8 Å². The van der Waals surface area contributed by atoms with Crippen molar-refractivity contribution in [2.24, 2.45) is 10.4 Å². The summed E-state index contributed by atoms with van der Waals surface area (Å²) in [7, 11) is 1.33. The number of esters is 1. The van der Waals surface area contributed by atoms with Crippen molar-refractivity contribution in [3.05, 3.63) is 128 Å². The summed E-state index contributed by atoms with van der Waals surface area (Å²) in [5.41, 5.74) is 8.17. The van der Waals surface area contributed by atoms with Gasteiger partial charge in [0.25, 0.3) is 5.91 Å². The number of aliphatic imine (C=N–C) groups is 1. The molecule has 1 saturated heterocycles. The van der Waals surface area contributed by atoms with Gasteiger partial charge in [-0.3, -0.25) is 28.7 Å².